The molecule has 0 saturated carbocycles. The van der Waals surface area contributed by atoms with E-state index >= 15 is 0 Å². The van der Waals surface area contributed by atoms with Crippen molar-refractivity contribution in [3.05, 3.63) is 0 Å². The molecule has 2 unspecified atom stereocenters. The average Bonchev–Trinajstić information content (AvgIpc) is 2.41. The van der Waals surface area contributed by atoms with Crippen molar-refractivity contribution in [2.45, 2.75) is 58.1 Å². The number of rotatable bonds is 2. The maximum Gasteiger partial charge on any atom is 0.201 e. The molecule has 2 aliphatic rings. The fraction of sp³-hybridized carbons (Fsp3) is 1.00. The molecule has 0 aliphatic carbocycles. The van der Waals surface area contributed by atoms with Gasteiger partial charge in [0.2, 0.25) is 7.41 Å². The van der Waals surface area contributed by atoms with Gasteiger partial charge in [-0.3, -0.25) is 4.90 Å². The van der Waals surface area contributed by atoms with Crippen molar-refractivity contribution in [2.75, 3.05) is 13.1 Å². The van der Waals surface area contributed by atoms with E-state index in [0.717, 1.165) is 18.1 Å². The van der Waals surface area contributed by atoms with Crippen molar-refractivity contribution in [3.8, 4) is 0 Å². The minimum Gasteiger partial charge on any atom is -0.344 e. The molecule has 80 valence electrons. The first-order chi connectivity index (χ1) is 6.72. The van der Waals surface area contributed by atoms with Gasteiger partial charge in [0, 0.05) is 24.7 Å². The molecule has 2 rings (SSSR count). The highest BCUT2D eigenvalue weighted by Crippen LogP contribution is 2.31. The summed E-state index contributed by atoms with van der Waals surface area (Å²) in [4.78, 5) is 5.40. The Morgan fingerprint density at radius 2 is 1.86 bits per heavy atom. The van der Waals surface area contributed by atoms with Gasteiger partial charge in [0.25, 0.3) is 0 Å². The maximum atomic E-state index is 2.77. The van der Waals surface area contributed by atoms with Gasteiger partial charge < -0.3 is 4.81 Å². The molecule has 0 aromatic rings. The lowest BCUT2D eigenvalue weighted by molar-refractivity contribution is 0.154. The summed E-state index contributed by atoms with van der Waals surface area (Å²) in [7, 11) is 1.23. The summed E-state index contributed by atoms with van der Waals surface area (Å²) in [6.45, 7) is 9.63. The van der Waals surface area contributed by atoms with Crippen LogP contribution in [0.1, 0.15) is 33.1 Å². The third-order valence-electron chi connectivity index (χ3n) is 3.97. The summed E-state index contributed by atoms with van der Waals surface area (Å²) < 4.78 is 0. The molecule has 0 N–H and O–H groups in total. The maximum absolute atomic E-state index is 2.77. The summed E-state index contributed by atoms with van der Waals surface area (Å²) in [5, 5.41) is 0. The Kier molecular flexibility index (Phi) is 3.18. The molecule has 0 spiro atoms. The van der Waals surface area contributed by atoms with Crippen LogP contribution in [0.4, 0.5) is 0 Å². The first-order valence-corrected chi connectivity index (χ1v) is 6.22. The second kappa shape index (κ2) is 4.24. The highest BCUT2D eigenvalue weighted by atomic mass is 15.3. The van der Waals surface area contributed by atoms with E-state index in [9.17, 15) is 0 Å². The molecule has 2 aliphatic heterocycles. The molecule has 2 atom stereocenters. The van der Waals surface area contributed by atoms with E-state index in [-0.39, 0.29) is 0 Å². The van der Waals surface area contributed by atoms with Crippen molar-refractivity contribution in [2.24, 2.45) is 0 Å². The van der Waals surface area contributed by atoms with Crippen LogP contribution in [0.15, 0.2) is 0 Å². The smallest absolute Gasteiger partial charge is 0.201 e. The van der Waals surface area contributed by atoms with Gasteiger partial charge in [0.05, 0.1) is 0 Å². The lowest BCUT2D eigenvalue weighted by atomic mass is 9.93. The molecule has 2 bridgehead atoms. The van der Waals surface area contributed by atoms with Gasteiger partial charge in [-0.2, -0.15) is 0 Å². The first-order valence-electron chi connectivity index (χ1n) is 6.22. The molecule has 14 heavy (non-hydrogen) atoms. The molecule has 0 amide bonds. The van der Waals surface area contributed by atoms with E-state index in [1.165, 1.54) is 39.8 Å². The van der Waals surface area contributed by atoms with E-state index in [1.807, 2.05) is 0 Å². The summed E-state index contributed by atoms with van der Waals surface area (Å²) in [6, 6.07) is 2.48. The Hall–Kier alpha value is -0.0151. The number of hydrogen-bond acceptors (Lipinski definition) is 2. The van der Waals surface area contributed by atoms with Crippen LogP contribution in [0.3, 0.4) is 0 Å². The highest BCUT2D eigenvalue weighted by molar-refractivity contribution is 6.29. The lowest BCUT2D eigenvalue weighted by Gasteiger charge is -2.32. The van der Waals surface area contributed by atoms with Crippen LogP contribution >= 0.6 is 0 Å². The van der Waals surface area contributed by atoms with Crippen molar-refractivity contribution >= 4 is 7.41 Å². The van der Waals surface area contributed by atoms with Crippen LogP contribution in [0.25, 0.3) is 0 Å². The van der Waals surface area contributed by atoms with E-state index in [2.05, 4.69) is 30.4 Å². The number of fused-ring (bicyclic) bond motifs is 2. The molecular formula is C11H23BN2. The Balaban J connectivity index is 2.07. The highest BCUT2D eigenvalue weighted by Gasteiger charge is 2.37. The Morgan fingerprint density at radius 3 is 2.50 bits per heavy atom. The standard InChI is InChI=1S/C11H23BN2/c1-9(2)14-10-4-5-11(14)8-13(12-3)7-6-10/h9-12H,4-8H2,1-3H3. The zero-order valence-corrected chi connectivity index (χ0v) is 9.87. The summed E-state index contributed by atoms with van der Waals surface area (Å²) in [6.07, 6.45) is 4.27. The molecule has 3 heteroatoms. The largest absolute Gasteiger partial charge is 0.344 e. The molecule has 2 fully saturated rings. The van der Waals surface area contributed by atoms with Crippen molar-refractivity contribution in [3.63, 3.8) is 0 Å². The molecule has 2 saturated heterocycles. The van der Waals surface area contributed by atoms with Gasteiger partial charge >= 0.3 is 0 Å². The summed E-state index contributed by atoms with van der Waals surface area (Å²) in [5.74, 6) is 0. The average molecular weight is 194 g/mol. The minimum atomic E-state index is 0.740. The van der Waals surface area contributed by atoms with E-state index in [0.29, 0.717) is 0 Å². The fourth-order valence-electron chi connectivity index (χ4n) is 3.31. The summed E-state index contributed by atoms with van der Waals surface area (Å²) in [5.41, 5.74) is 0. The molecule has 0 aromatic carbocycles. The Morgan fingerprint density at radius 1 is 1.14 bits per heavy atom. The summed E-state index contributed by atoms with van der Waals surface area (Å²) >= 11 is 0. The zero-order chi connectivity index (χ0) is 10.1. The van der Waals surface area contributed by atoms with Gasteiger partial charge in [-0.15, -0.1) is 0 Å². The molecule has 2 nitrogen and oxygen atoms in total. The van der Waals surface area contributed by atoms with Crippen molar-refractivity contribution < 1.29 is 0 Å². The van der Waals surface area contributed by atoms with Gasteiger partial charge in [-0.1, -0.05) is 6.82 Å². The second-order valence-electron chi connectivity index (χ2n) is 5.11. The molecule has 2 heterocycles. The van der Waals surface area contributed by atoms with Gasteiger partial charge in [0.15, 0.2) is 0 Å². The Labute approximate surface area is 88.9 Å². The SMILES string of the molecule is CBN1CCC2CCC(C1)N2C(C)C. The van der Waals surface area contributed by atoms with Gasteiger partial charge in [0.1, 0.15) is 0 Å². The van der Waals surface area contributed by atoms with Crippen LogP contribution in [-0.4, -0.2) is 48.3 Å². The Bertz CT molecular complexity index is 196. The van der Waals surface area contributed by atoms with Crippen molar-refractivity contribution in [1.29, 1.82) is 0 Å². The first kappa shape index (κ1) is 10.5. The van der Waals surface area contributed by atoms with Crippen LogP contribution in [-0.2, 0) is 0 Å². The molecule has 0 radical (unpaired) electrons. The van der Waals surface area contributed by atoms with Crippen LogP contribution < -0.4 is 0 Å². The topological polar surface area (TPSA) is 6.48 Å². The van der Waals surface area contributed by atoms with Crippen LogP contribution in [0.5, 0.6) is 0 Å². The van der Waals surface area contributed by atoms with Crippen molar-refractivity contribution in [1.82, 2.24) is 9.71 Å². The monoisotopic (exact) mass is 194 g/mol. The van der Waals surface area contributed by atoms with E-state index in [4.69, 9.17) is 0 Å². The fourth-order valence-corrected chi connectivity index (χ4v) is 3.31. The quantitative estimate of drug-likeness (QED) is 0.612. The van der Waals surface area contributed by atoms with E-state index in [1.54, 1.807) is 0 Å². The lowest BCUT2D eigenvalue weighted by Crippen LogP contribution is -2.43. The number of hydrogen-bond donors (Lipinski definition) is 0. The van der Waals surface area contributed by atoms with Crippen LogP contribution in [0, 0.1) is 0 Å². The third kappa shape index (κ3) is 1.85. The van der Waals surface area contributed by atoms with Crippen LogP contribution in [0.2, 0.25) is 6.82 Å². The second-order valence-corrected chi connectivity index (χ2v) is 5.11. The normalized spacial score (nSPS) is 34.9. The van der Waals surface area contributed by atoms with Gasteiger partial charge in [-0.25, -0.2) is 0 Å². The third-order valence-corrected chi connectivity index (χ3v) is 3.97. The molecule has 0 aromatic heterocycles. The van der Waals surface area contributed by atoms with E-state index < -0.39 is 0 Å². The predicted molar refractivity (Wildman–Crippen MR) is 63.0 cm³/mol. The molecular weight excluding hydrogens is 171 g/mol. The predicted octanol–water partition coefficient (Wildman–Crippen LogP) is 1.33. The zero-order valence-electron chi connectivity index (χ0n) is 9.87. The number of nitrogens with zero attached hydrogens (tertiary/aromatic N) is 2. The van der Waals surface area contributed by atoms with Gasteiger partial charge in [-0.05, 0) is 39.7 Å². The minimum absolute atomic E-state index is 0.740.